The number of piperidine rings is 1. The second-order valence-corrected chi connectivity index (χ2v) is 8.33. The average molecular weight is 380 g/mol. The summed E-state index contributed by atoms with van der Waals surface area (Å²) in [7, 11) is 0. The fraction of sp³-hybridized carbons (Fsp3) is 0.400. The van der Waals surface area contributed by atoms with Crippen molar-refractivity contribution < 1.29 is 9.32 Å². The largest absolute Gasteiger partial charge is 0.339 e. The molecule has 3 atom stereocenters. The first-order chi connectivity index (χ1) is 13.3. The van der Waals surface area contributed by atoms with Crippen LogP contribution in [-0.4, -0.2) is 38.0 Å². The molecule has 0 saturated carbocycles. The predicted molar refractivity (Wildman–Crippen MR) is 101 cm³/mol. The number of pyridine rings is 1. The minimum atomic E-state index is 0.233. The highest BCUT2D eigenvalue weighted by Gasteiger charge is 2.44. The van der Waals surface area contributed by atoms with Crippen LogP contribution in [0.25, 0.3) is 11.4 Å². The summed E-state index contributed by atoms with van der Waals surface area (Å²) >= 11 is 1.65. The van der Waals surface area contributed by atoms with Gasteiger partial charge in [-0.05, 0) is 49.3 Å². The predicted octanol–water partition coefficient (Wildman–Crippen LogP) is 3.67. The van der Waals surface area contributed by atoms with E-state index in [4.69, 9.17) is 4.52 Å². The van der Waals surface area contributed by atoms with Gasteiger partial charge >= 0.3 is 0 Å². The van der Waals surface area contributed by atoms with Crippen molar-refractivity contribution in [2.75, 3.05) is 0 Å². The van der Waals surface area contributed by atoms with E-state index in [1.165, 1.54) is 0 Å². The Bertz CT molecular complexity index is 911. The summed E-state index contributed by atoms with van der Waals surface area (Å²) in [4.78, 5) is 24.8. The Morgan fingerprint density at radius 3 is 2.67 bits per heavy atom. The molecule has 1 amide bonds. The summed E-state index contributed by atoms with van der Waals surface area (Å²) in [5.74, 6) is 1.79. The average Bonchev–Trinajstić information content (AvgIpc) is 3.42. The third-order valence-corrected chi connectivity index (χ3v) is 6.53. The normalized spacial score (nSPS) is 24.3. The molecular formula is C20H20N4O2S. The molecule has 5 heterocycles. The first-order valence-electron chi connectivity index (χ1n) is 9.35. The zero-order chi connectivity index (χ0) is 18.2. The van der Waals surface area contributed by atoms with E-state index >= 15 is 0 Å². The van der Waals surface area contributed by atoms with Crippen LogP contribution in [-0.2, 0) is 11.2 Å². The van der Waals surface area contributed by atoms with Crippen LogP contribution in [0.4, 0.5) is 0 Å². The lowest BCUT2D eigenvalue weighted by Gasteiger charge is -2.37. The number of nitrogens with zero attached hydrogens (tertiary/aromatic N) is 4. The second kappa shape index (κ2) is 6.88. The highest BCUT2D eigenvalue weighted by molar-refractivity contribution is 7.10. The molecule has 27 heavy (non-hydrogen) atoms. The van der Waals surface area contributed by atoms with E-state index in [9.17, 15) is 4.79 Å². The Morgan fingerprint density at radius 2 is 1.96 bits per heavy atom. The molecule has 0 N–H and O–H groups in total. The number of hydrogen-bond acceptors (Lipinski definition) is 6. The van der Waals surface area contributed by atoms with Gasteiger partial charge in [-0.15, -0.1) is 11.3 Å². The molecule has 1 unspecified atom stereocenters. The number of hydrogen-bond donors (Lipinski definition) is 0. The van der Waals surface area contributed by atoms with Gasteiger partial charge in [-0.2, -0.15) is 4.98 Å². The summed E-state index contributed by atoms with van der Waals surface area (Å²) in [6.07, 6.45) is 7.93. The molecule has 0 aliphatic carbocycles. The van der Waals surface area contributed by atoms with Gasteiger partial charge in [-0.1, -0.05) is 11.2 Å². The summed E-state index contributed by atoms with van der Waals surface area (Å²) in [5.41, 5.74) is 0.909. The van der Waals surface area contributed by atoms with Gasteiger partial charge in [0.25, 0.3) is 0 Å². The van der Waals surface area contributed by atoms with Gasteiger partial charge in [0.05, 0.1) is 6.42 Å². The van der Waals surface area contributed by atoms with E-state index < -0.39 is 0 Å². The lowest BCUT2D eigenvalue weighted by Crippen LogP contribution is -2.46. The maximum absolute atomic E-state index is 12.8. The van der Waals surface area contributed by atoms with Gasteiger partial charge in [0, 0.05) is 40.8 Å². The number of carbonyl (C=O) groups excluding carboxylic acids is 1. The Labute approximate surface area is 161 Å². The van der Waals surface area contributed by atoms with Crippen LogP contribution in [0.5, 0.6) is 0 Å². The van der Waals surface area contributed by atoms with Crippen molar-refractivity contribution in [3.05, 3.63) is 52.8 Å². The summed E-state index contributed by atoms with van der Waals surface area (Å²) in [6.45, 7) is 0. The van der Waals surface area contributed by atoms with Crippen LogP contribution in [0.1, 0.15) is 42.4 Å². The van der Waals surface area contributed by atoms with Gasteiger partial charge in [-0.25, -0.2) is 0 Å². The van der Waals surface area contributed by atoms with Crippen molar-refractivity contribution in [2.24, 2.45) is 0 Å². The number of thiophene rings is 1. The van der Waals surface area contributed by atoms with Crippen molar-refractivity contribution in [1.82, 2.24) is 20.0 Å². The number of rotatable bonds is 4. The molecule has 0 spiro atoms. The molecule has 7 heteroatoms. The van der Waals surface area contributed by atoms with Crippen LogP contribution in [0, 0.1) is 0 Å². The lowest BCUT2D eigenvalue weighted by atomic mass is 9.90. The highest BCUT2D eigenvalue weighted by Crippen LogP contribution is 2.43. The lowest BCUT2D eigenvalue weighted by molar-refractivity contribution is -0.135. The van der Waals surface area contributed by atoms with Gasteiger partial charge in [-0.3, -0.25) is 9.78 Å². The zero-order valence-corrected chi connectivity index (χ0v) is 15.6. The second-order valence-electron chi connectivity index (χ2n) is 7.30. The van der Waals surface area contributed by atoms with E-state index in [1.54, 1.807) is 23.7 Å². The van der Waals surface area contributed by atoms with Crippen molar-refractivity contribution in [3.63, 3.8) is 0 Å². The van der Waals surface area contributed by atoms with Crippen molar-refractivity contribution in [2.45, 2.75) is 50.1 Å². The minimum absolute atomic E-state index is 0.233. The maximum Gasteiger partial charge on any atom is 0.230 e. The standard InChI is InChI=1S/C20H20N4O2S/c25-18(12-17-2-1-9-27-17)24-15-3-4-16(24)11-14(10-15)20-22-19(23-26-20)13-5-7-21-8-6-13/h1-2,5-9,14-16H,3-4,10-12H2/t14?,15-,16+. The molecule has 2 saturated heterocycles. The molecule has 5 rings (SSSR count). The fourth-order valence-corrected chi connectivity index (χ4v) is 5.15. The molecule has 2 aliphatic heterocycles. The van der Waals surface area contributed by atoms with Crippen LogP contribution < -0.4 is 0 Å². The Balaban J connectivity index is 1.30. The first kappa shape index (κ1) is 16.6. The number of aromatic nitrogens is 3. The summed E-state index contributed by atoms with van der Waals surface area (Å²) in [6, 6.07) is 8.38. The Hall–Kier alpha value is -2.54. The number of amides is 1. The van der Waals surface area contributed by atoms with Gasteiger partial charge in [0.15, 0.2) is 0 Å². The van der Waals surface area contributed by atoms with Gasteiger partial charge < -0.3 is 9.42 Å². The monoisotopic (exact) mass is 380 g/mol. The summed E-state index contributed by atoms with van der Waals surface area (Å²) < 4.78 is 5.58. The van der Waals surface area contributed by atoms with Gasteiger partial charge in [0.1, 0.15) is 0 Å². The third-order valence-electron chi connectivity index (χ3n) is 5.66. The molecule has 2 aliphatic rings. The highest BCUT2D eigenvalue weighted by atomic mass is 32.1. The molecule has 0 radical (unpaired) electrons. The SMILES string of the molecule is O=C(Cc1cccs1)N1[C@@H]2CC[C@H]1CC(c1nc(-c3ccncc3)no1)C2. The first-order valence-corrected chi connectivity index (χ1v) is 10.2. The maximum atomic E-state index is 12.8. The third kappa shape index (κ3) is 3.16. The molecule has 3 aromatic rings. The Morgan fingerprint density at radius 1 is 1.19 bits per heavy atom. The van der Waals surface area contributed by atoms with E-state index in [0.29, 0.717) is 18.1 Å². The summed E-state index contributed by atoms with van der Waals surface area (Å²) in [5, 5.41) is 6.17. The molecule has 138 valence electrons. The fourth-order valence-electron chi connectivity index (χ4n) is 4.46. The van der Waals surface area contributed by atoms with Crippen LogP contribution in [0.2, 0.25) is 0 Å². The molecule has 6 nitrogen and oxygen atoms in total. The quantitative estimate of drug-likeness (QED) is 0.690. The molecule has 0 aromatic carbocycles. The molecule has 3 aromatic heterocycles. The van der Waals surface area contributed by atoms with E-state index in [-0.39, 0.29) is 23.9 Å². The van der Waals surface area contributed by atoms with E-state index in [2.05, 4.69) is 20.0 Å². The smallest absolute Gasteiger partial charge is 0.230 e. The van der Waals surface area contributed by atoms with Crippen molar-refractivity contribution in [1.29, 1.82) is 0 Å². The zero-order valence-electron chi connectivity index (χ0n) is 14.8. The topological polar surface area (TPSA) is 72.1 Å². The van der Waals surface area contributed by atoms with E-state index in [1.807, 2.05) is 29.6 Å². The van der Waals surface area contributed by atoms with E-state index in [0.717, 1.165) is 36.1 Å². The van der Waals surface area contributed by atoms with Crippen LogP contribution in [0.3, 0.4) is 0 Å². The van der Waals surface area contributed by atoms with Gasteiger partial charge in [0.2, 0.25) is 17.6 Å². The van der Waals surface area contributed by atoms with Crippen molar-refractivity contribution >= 4 is 17.2 Å². The van der Waals surface area contributed by atoms with Crippen LogP contribution in [0.15, 0.2) is 46.6 Å². The molecule has 2 fully saturated rings. The minimum Gasteiger partial charge on any atom is -0.339 e. The number of fused-ring (bicyclic) bond motifs is 2. The number of carbonyl (C=O) groups is 1. The van der Waals surface area contributed by atoms with Crippen molar-refractivity contribution in [3.8, 4) is 11.4 Å². The molecular weight excluding hydrogens is 360 g/mol. The Kier molecular flexibility index (Phi) is 4.24. The van der Waals surface area contributed by atoms with Crippen LogP contribution >= 0.6 is 11.3 Å². The molecule has 2 bridgehead atoms.